The Labute approximate surface area is 164 Å². The number of aromatic nitrogens is 3. The van der Waals surface area contributed by atoms with E-state index in [0.717, 1.165) is 22.8 Å². The molecule has 0 saturated carbocycles. The second-order valence-corrected chi connectivity index (χ2v) is 6.56. The molecule has 1 aromatic carbocycles. The first-order valence-corrected chi connectivity index (χ1v) is 9.23. The number of guanidine groups is 1. The van der Waals surface area contributed by atoms with Crippen LogP contribution in [0.3, 0.4) is 0 Å². The molecular weight excluding hydrogens is 355 g/mol. The van der Waals surface area contributed by atoms with E-state index < -0.39 is 0 Å². The Morgan fingerprint density at radius 3 is 2.61 bits per heavy atom. The van der Waals surface area contributed by atoms with Crippen molar-refractivity contribution in [3.8, 4) is 5.82 Å². The normalized spacial score (nSPS) is 11.5. The van der Waals surface area contributed by atoms with E-state index in [9.17, 15) is 4.39 Å². The van der Waals surface area contributed by atoms with Crippen molar-refractivity contribution in [3.63, 3.8) is 0 Å². The number of aryl methyl sites for hydroxylation is 2. The number of nitrogens with zero attached hydrogens (tertiary/aromatic N) is 4. The van der Waals surface area contributed by atoms with Crippen LogP contribution in [0.25, 0.3) is 5.82 Å². The molecule has 0 fully saturated rings. The molecule has 28 heavy (non-hydrogen) atoms. The predicted octanol–water partition coefficient (Wildman–Crippen LogP) is 2.93. The van der Waals surface area contributed by atoms with E-state index in [1.54, 1.807) is 19.2 Å². The minimum atomic E-state index is -0.180. The summed E-state index contributed by atoms with van der Waals surface area (Å²) in [5.74, 6) is 1.28. The zero-order valence-electron chi connectivity index (χ0n) is 16.4. The summed E-state index contributed by atoms with van der Waals surface area (Å²) in [5.41, 5.74) is 3.74. The smallest absolute Gasteiger partial charge is 0.191 e. The van der Waals surface area contributed by atoms with Crippen molar-refractivity contribution in [1.29, 1.82) is 0 Å². The van der Waals surface area contributed by atoms with E-state index in [1.165, 1.54) is 6.07 Å². The fourth-order valence-corrected chi connectivity index (χ4v) is 2.93. The van der Waals surface area contributed by atoms with E-state index in [2.05, 4.69) is 25.7 Å². The highest BCUT2D eigenvalue weighted by molar-refractivity contribution is 5.79. The molecule has 6 nitrogen and oxygen atoms in total. The van der Waals surface area contributed by atoms with Crippen molar-refractivity contribution < 1.29 is 4.39 Å². The fraction of sp³-hybridized carbons (Fsp3) is 0.286. The molecule has 0 amide bonds. The average Bonchev–Trinajstić information content (AvgIpc) is 3.04. The lowest BCUT2D eigenvalue weighted by molar-refractivity contribution is 0.606. The van der Waals surface area contributed by atoms with E-state index in [4.69, 9.17) is 0 Å². The Morgan fingerprint density at radius 2 is 1.96 bits per heavy atom. The van der Waals surface area contributed by atoms with Crippen molar-refractivity contribution in [2.75, 3.05) is 13.6 Å². The van der Waals surface area contributed by atoms with Gasteiger partial charge in [0, 0.05) is 32.0 Å². The van der Waals surface area contributed by atoms with Crippen LogP contribution in [0.4, 0.5) is 4.39 Å². The molecule has 0 bridgehead atoms. The minimum Gasteiger partial charge on any atom is -0.356 e. The van der Waals surface area contributed by atoms with Crippen LogP contribution in [0.2, 0.25) is 0 Å². The third-order valence-corrected chi connectivity index (χ3v) is 4.36. The molecule has 0 aliphatic heterocycles. The SMILES string of the molecule is CN=C(NCCc1ccccc1F)NCc1ccc(-n2nc(C)cc2C)nc1. The van der Waals surface area contributed by atoms with Crippen LogP contribution in [-0.4, -0.2) is 34.3 Å². The van der Waals surface area contributed by atoms with Gasteiger partial charge in [0.15, 0.2) is 11.8 Å². The van der Waals surface area contributed by atoms with Gasteiger partial charge in [-0.3, -0.25) is 4.99 Å². The van der Waals surface area contributed by atoms with Crippen LogP contribution < -0.4 is 10.6 Å². The van der Waals surface area contributed by atoms with Gasteiger partial charge in [-0.05, 0) is 49.6 Å². The standard InChI is InChI=1S/C21H25FN6/c1-15-12-16(2)28(27-15)20-9-8-17(13-25-20)14-26-21(23-3)24-11-10-18-6-4-5-7-19(18)22/h4-9,12-13H,10-11,14H2,1-3H3,(H2,23,24,26). The lowest BCUT2D eigenvalue weighted by Gasteiger charge is -2.12. The number of aliphatic imine (C=N–C) groups is 1. The molecule has 0 aliphatic rings. The largest absolute Gasteiger partial charge is 0.356 e. The van der Waals surface area contributed by atoms with Gasteiger partial charge in [-0.15, -0.1) is 0 Å². The first kappa shape index (κ1) is 19.5. The summed E-state index contributed by atoms with van der Waals surface area (Å²) in [6.45, 7) is 5.15. The van der Waals surface area contributed by atoms with Gasteiger partial charge in [0.05, 0.1) is 5.69 Å². The molecule has 0 unspecified atom stereocenters. The summed E-state index contributed by atoms with van der Waals surface area (Å²) in [4.78, 5) is 8.70. The van der Waals surface area contributed by atoms with Gasteiger partial charge in [0.25, 0.3) is 0 Å². The molecule has 0 atom stereocenters. The molecule has 0 aliphatic carbocycles. The zero-order valence-corrected chi connectivity index (χ0v) is 16.4. The number of hydrogen-bond donors (Lipinski definition) is 2. The first-order chi connectivity index (χ1) is 13.6. The zero-order chi connectivity index (χ0) is 19.9. The summed E-state index contributed by atoms with van der Waals surface area (Å²) in [6, 6.07) is 12.8. The molecule has 2 N–H and O–H groups in total. The molecule has 2 heterocycles. The Morgan fingerprint density at radius 1 is 1.14 bits per heavy atom. The number of hydrogen-bond acceptors (Lipinski definition) is 3. The Balaban J connectivity index is 1.51. The summed E-state index contributed by atoms with van der Waals surface area (Å²) in [6.07, 6.45) is 2.41. The molecule has 0 radical (unpaired) electrons. The Hall–Kier alpha value is -3.22. The topological polar surface area (TPSA) is 67.1 Å². The third kappa shape index (κ3) is 4.94. The van der Waals surface area contributed by atoms with Crippen molar-refractivity contribution in [2.24, 2.45) is 4.99 Å². The van der Waals surface area contributed by atoms with Gasteiger partial charge in [-0.25, -0.2) is 14.1 Å². The van der Waals surface area contributed by atoms with Gasteiger partial charge in [0.2, 0.25) is 0 Å². The summed E-state index contributed by atoms with van der Waals surface area (Å²) in [7, 11) is 1.71. The van der Waals surface area contributed by atoms with Crippen LogP contribution in [0.1, 0.15) is 22.5 Å². The maximum atomic E-state index is 13.7. The monoisotopic (exact) mass is 380 g/mol. The fourth-order valence-electron chi connectivity index (χ4n) is 2.93. The van der Waals surface area contributed by atoms with Crippen molar-refractivity contribution in [2.45, 2.75) is 26.8 Å². The van der Waals surface area contributed by atoms with Crippen molar-refractivity contribution in [1.82, 2.24) is 25.4 Å². The maximum Gasteiger partial charge on any atom is 0.191 e. The van der Waals surface area contributed by atoms with E-state index in [-0.39, 0.29) is 5.82 Å². The highest BCUT2D eigenvalue weighted by Gasteiger charge is 2.06. The van der Waals surface area contributed by atoms with Crippen LogP contribution in [-0.2, 0) is 13.0 Å². The molecule has 0 spiro atoms. The summed E-state index contributed by atoms with van der Waals surface area (Å²) in [5, 5.41) is 10.9. The van der Waals surface area contributed by atoms with Crippen LogP contribution >= 0.6 is 0 Å². The van der Waals surface area contributed by atoms with E-state index in [0.29, 0.717) is 31.0 Å². The van der Waals surface area contributed by atoms with E-state index >= 15 is 0 Å². The van der Waals surface area contributed by atoms with E-state index in [1.807, 2.05) is 49.0 Å². The second kappa shape index (κ2) is 9.12. The van der Waals surface area contributed by atoms with Gasteiger partial charge in [0.1, 0.15) is 5.82 Å². The quantitative estimate of drug-likeness (QED) is 0.510. The van der Waals surface area contributed by atoms with Gasteiger partial charge in [-0.2, -0.15) is 5.10 Å². The highest BCUT2D eigenvalue weighted by atomic mass is 19.1. The van der Waals surface area contributed by atoms with Crippen LogP contribution in [0.5, 0.6) is 0 Å². The average molecular weight is 380 g/mol. The molecule has 146 valence electrons. The number of pyridine rings is 1. The van der Waals surface area contributed by atoms with Crippen LogP contribution in [0, 0.1) is 19.7 Å². The van der Waals surface area contributed by atoms with Crippen molar-refractivity contribution in [3.05, 3.63) is 77.0 Å². The highest BCUT2D eigenvalue weighted by Crippen LogP contribution is 2.10. The second-order valence-electron chi connectivity index (χ2n) is 6.56. The van der Waals surface area contributed by atoms with Gasteiger partial charge >= 0.3 is 0 Å². The van der Waals surface area contributed by atoms with Crippen molar-refractivity contribution >= 4 is 5.96 Å². The number of rotatable bonds is 6. The number of halogens is 1. The lowest BCUT2D eigenvalue weighted by atomic mass is 10.1. The molecular formula is C21H25FN6. The lowest BCUT2D eigenvalue weighted by Crippen LogP contribution is -2.37. The first-order valence-electron chi connectivity index (χ1n) is 9.23. The maximum absolute atomic E-state index is 13.7. The molecule has 3 rings (SSSR count). The number of benzene rings is 1. The Kier molecular flexibility index (Phi) is 6.37. The number of nitrogens with one attached hydrogen (secondary N) is 2. The summed E-state index contributed by atoms with van der Waals surface area (Å²) < 4.78 is 15.5. The summed E-state index contributed by atoms with van der Waals surface area (Å²) >= 11 is 0. The van der Waals surface area contributed by atoms with Gasteiger partial charge in [-0.1, -0.05) is 24.3 Å². The molecule has 2 aromatic heterocycles. The minimum absolute atomic E-state index is 0.180. The predicted molar refractivity (Wildman–Crippen MR) is 109 cm³/mol. The van der Waals surface area contributed by atoms with Crippen LogP contribution in [0.15, 0.2) is 53.7 Å². The molecule has 0 saturated heterocycles. The molecule has 7 heteroatoms. The molecule has 3 aromatic rings. The van der Waals surface area contributed by atoms with Gasteiger partial charge < -0.3 is 10.6 Å². The third-order valence-electron chi connectivity index (χ3n) is 4.36. The Bertz CT molecular complexity index is 946.